The molecule has 2 aromatic carbocycles. The van der Waals surface area contributed by atoms with Crippen LogP contribution in [0.3, 0.4) is 0 Å². The smallest absolute Gasteiger partial charge is 0.191 e. The molecule has 0 fully saturated rings. The molecule has 0 saturated carbocycles. The molecule has 0 aromatic heterocycles. The summed E-state index contributed by atoms with van der Waals surface area (Å²) in [5.41, 5.74) is 9.92. The fourth-order valence-corrected chi connectivity index (χ4v) is 3.81. The van der Waals surface area contributed by atoms with Crippen LogP contribution in [0.25, 0.3) is 0 Å². The highest BCUT2D eigenvalue weighted by atomic mass is 32.1. The van der Waals surface area contributed by atoms with E-state index in [4.69, 9.17) is 12.2 Å². The van der Waals surface area contributed by atoms with Crippen molar-refractivity contribution in [2.45, 2.75) is 33.1 Å². The van der Waals surface area contributed by atoms with E-state index in [0.717, 1.165) is 16.8 Å². The lowest BCUT2D eigenvalue weighted by Crippen LogP contribution is -2.25. The first-order valence-electron chi connectivity index (χ1n) is 9.02. The minimum atomic E-state index is -0.0611. The molecule has 5 heteroatoms. The Balaban J connectivity index is 1.68. The van der Waals surface area contributed by atoms with E-state index in [-0.39, 0.29) is 5.41 Å². The summed E-state index contributed by atoms with van der Waals surface area (Å²) in [5.74, 6) is 0. The Morgan fingerprint density at radius 1 is 1.07 bits per heavy atom. The fraction of sp³-hybridized carbons (Fsp3) is 0.273. The maximum atomic E-state index is 5.36. The van der Waals surface area contributed by atoms with Gasteiger partial charge in [0.25, 0.3) is 0 Å². The molecule has 2 aromatic rings. The first-order chi connectivity index (χ1) is 12.8. The second-order valence-electron chi connectivity index (χ2n) is 7.36. The minimum absolute atomic E-state index is 0.0611. The topological polar surface area (TPSA) is 39.7 Å². The molecule has 3 rings (SSSR count). The van der Waals surface area contributed by atoms with Crippen molar-refractivity contribution in [2.75, 3.05) is 17.3 Å². The van der Waals surface area contributed by atoms with Crippen molar-refractivity contribution in [1.29, 1.82) is 0 Å². The lowest BCUT2D eigenvalue weighted by atomic mass is 9.84. The van der Waals surface area contributed by atoms with Gasteiger partial charge in [0.2, 0.25) is 0 Å². The average molecular weight is 379 g/mol. The molecule has 1 heterocycles. The normalized spacial score (nSPS) is 16.6. The van der Waals surface area contributed by atoms with E-state index >= 15 is 0 Å². The van der Waals surface area contributed by atoms with Gasteiger partial charge >= 0.3 is 0 Å². The minimum Gasteiger partial charge on any atom is -0.347 e. The van der Waals surface area contributed by atoms with Gasteiger partial charge in [-0.1, -0.05) is 50.2 Å². The number of nitrogens with zero attached hydrogens (tertiary/aromatic N) is 2. The Morgan fingerprint density at radius 3 is 2.41 bits per heavy atom. The molecule has 1 aliphatic rings. The summed E-state index contributed by atoms with van der Waals surface area (Å²) in [6.07, 6.45) is 3.80. The van der Waals surface area contributed by atoms with Gasteiger partial charge < -0.3 is 10.2 Å². The van der Waals surface area contributed by atoms with Crippen molar-refractivity contribution >= 4 is 34.9 Å². The molecular weight excluding hydrogens is 352 g/mol. The Bertz CT molecular complexity index is 907. The van der Waals surface area contributed by atoms with Gasteiger partial charge in [0, 0.05) is 35.7 Å². The predicted molar refractivity (Wildman–Crippen MR) is 120 cm³/mol. The van der Waals surface area contributed by atoms with Gasteiger partial charge in [-0.15, -0.1) is 0 Å². The van der Waals surface area contributed by atoms with E-state index in [2.05, 4.69) is 91.9 Å². The average Bonchev–Trinajstić information content (AvgIpc) is 2.82. The van der Waals surface area contributed by atoms with E-state index in [9.17, 15) is 0 Å². The third-order valence-corrected chi connectivity index (χ3v) is 5.33. The second-order valence-corrected chi connectivity index (χ2v) is 7.77. The standard InChI is InChI=1S/C22H26N4S/c1-15-9-8-10-16(2)20(15)24-21(27)25-23-14-13-19-22(3,4)17-11-6-7-12-18(17)26(19)5/h6-14H,1-5H3,(H2,24,25,27)/b19-13-,23-14-. The second kappa shape index (κ2) is 7.53. The van der Waals surface area contributed by atoms with Crippen LogP contribution in [0.2, 0.25) is 0 Å². The summed E-state index contributed by atoms with van der Waals surface area (Å²) in [5, 5.41) is 7.97. The highest BCUT2D eigenvalue weighted by Gasteiger charge is 2.37. The maximum absolute atomic E-state index is 5.36. The number of allylic oxidation sites excluding steroid dienone is 2. The molecule has 2 N–H and O–H groups in total. The van der Waals surface area contributed by atoms with Crippen LogP contribution in [-0.4, -0.2) is 18.4 Å². The monoisotopic (exact) mass is 378 g/mol. The summed E-state index contributed by atoms with van der Waals surface area (Å²) in [6.45, 7) is 8.58. The van der Waals surface area contributed by atoms with Crippen LogP contribution in [-0.2, 0) is 5.41 Å². The van der Waals surface area contributed by atoms with Gasteiger partial charge in [0.1, 0.15) is 0 Å². The SMILES string of the molecule is Cc1cccc(C)c1NC(=S)N/N=C\C=C1/N(C)c2ccccc2C1(C)C. The van der Waals surface area contributed by atoms with Crippen molar-refractivity contribution < 1.29 is 0 Å². The number of anilines is 2. The van der Waals surface area contributed by atoms with Crippen molar-refractivity contribution in [1.82, 2.24) is 5.43 Å². The molecule has 140 valence electrons. The Hall–Kier alpha value is -2.66. The van der Waals surface area contributed by atoms with Crippen LogP contribution < -0.4 is 15.6 Å². The van der Waals surface area contributed by atoms with Crippen LogP contribution in [0.4, 0.5) is 11.4 Å². The van der Waals surface area contributed by atoms with Crippen molar-refractivity contribution in [2.24, 2.45) is 5.10 Å². The lowest BCUT2D eigenvalue weighted by molar-refractivity contribution is 0.641. The number of aryl methyl sites for hydroxylation is 2. The quantitative estimate of drug-likeness (QED) is 0.453. The molecule has 4 nitrogen and oxygen atoms in total. The van der Waals surface area contributed by atoms with E-state index in [1.54, 1.807) is 6.21 Å². The summed E-state index contributed by atoms with van der Waals surface area (Å²) in [7, 11) is 2.09. The highest BCUT2D eigenvalue weighted by molar-refractivity contribution is 7.80. The number of likely N-dealkylation sites (N-methyl/N-ethyl adjacent to an activating group) is 1. The number of thiocarbonyl (C=S) groups is 1. The van der Waals surface area contributed by atoms with Crippen LogP contribution in [0.1, 0.15) is 30.5 Å². The number of para-hydroxylation sites is 2. The molecule has 27 heavy (non-hydrogen) atoms. The Kier molecular flexibility index (Phi) is 5.33. The number of nitrogens with one attached hydrogen (secondary N) is 2. The molecule has 0 atom stereocenters. The fourth-order valence-electron chi connectivity index (χ4n) is 3.66. The van der Waals surface area contributed by atoms with E-state index in [0.29, 0.717) is 5.11 Å². The molecule has 1 aliphatic heterocycles. The Morgan fingerprint density at radius 2 is 1.74 bits per heavy atom. The number of fused-ring (bicyclic) bond motifs is 1. The molecular formula is C22H26N4S. The molecule has 0 saturated heterocycles. The van der Waals surface area contributed by atoms with E-state index < -0.39 is 0 Å². The van der Waals surface area contributed by atoms with Crippen LogP contribution >= 0.6 is 12.2 Å². The zero-order valence-electron chi connectivity index (χ0n) is 16.5. The zero-order valence-corrected chi connectivity index (χ0v) is 17.3. The van der Waals surface area contributed by atoms with Gasteiger partial charge in [0.05, 0.1) is 0 Å². The first kappa shape index (κ1) is 19.1. The van der Waals surface area contributed by atoms with Gasteiger partial charge in [-0.2, -0.15) is 5.10 Å². The molecule has 0 bridgehead atoms. The molecule has 0 spiro atoms. The predicted octanol–water partition coefficient (Wildman–Crippen LogP) is 4.89. The van der Waals surface area contributed by atoms with Crippen LogP contribution in [0.5, 0.6) is 0 Å². The lowest BCUT2D eigenvalue weighted by Gasteiger charge is -2.23. The number of rotatable bonds is 3. The number of hydrogen-bond donors (Lipinski definition) is 2. The molecule has 0 aliphatic carbocycles. The number of hydrazone groups is 1. The van der Waals surface area contributed by atoms with Crippen molar-refractivity contribution in [3.63, 3.8) is 0 Å². The largest absolute Gasteiger partial charge is 0.347 e. The van der Waals surface area contributed by atoms with Crippen LogP contribution in [0, 0.1) is 13.8 Å². The van der Waals surface area contributed by atoms with Gasteiger partial charge in [-0.25, -0.2) is 0 Å². The molecule has 0 unspecified atom stereocenters. The summed E-state index contributed by atoms with van der Waals surface area (Å²) >= 11 is 5.36. The van der Waals surface area contributed by atoms with E-state index in [1.165, 1.54) is 16.9 Å². The van der Waals surface area contributed by atoms with Gasteiger partial charge in [0.15, 0.2) is 5.11 Å². The summed E-state index contributed by atoms with van der Waals surface area (Å²) in [6, 6.07) is 14.6. The third kappa shape index (κ3) is 3.74. The summed E-state index contributed by atoms with van der Waals surface area (Å²) in [4.78, 5) is 2.22. The zero-order chi connectivity index (χ0) is 19.6. The maximum Gasteiger partial charge on any atom is 0.191 e. The van der Waals surface area contributed by atoms with Gasteiger partial charge in [-0.05, 0) is 54.9 Å². The number of hydrogen-bond acceptors (Lipinski definition) is 3. The highest BCUT2D eigenvalue weighted by Crippen LogP contribution is 2.46. The Labute approximate surface area is 167 Å². The van der Waals surface area contributed by atoms with Crippen molar-refractivity contribution in [3.8, 4) is 0 Å². The van der Waals surface area contributed by atoms with E-state index in [1.807, 2.05) is 12.1 Å². The first-order valence-corrected chi connectivity index (χ1v) is 9.43. The summed E-state index contributed by atoms with van der Waals surface area (Å²) < 4.78 is 0. The van der Waals surface area contributed by atoms with Gasteiger partial charge in [-0.3, -0.25) is 5.43 Å². The molecule has 0 radical (unpaired) electrons. The van der Waals surface area contributed by atoms with Crippen LogP contribution in [0.15, 0.2) is 59.3 Å². The number of benzene rings is 2. The van der Waals surface area contributed by atoms with Crippen molar-refractivity contribution in [3.05, 3.63) is 70.9 Å². The molecule has 0 amide bonds. The third-order valence-electron chi connectivity index (χ3n) is 5.13.